The summed E-state index contributed by atoms with van der Waals surface area (Å²) in [4.78, 5) is 0. The zero-order chi connectivity index (χ0) is 19.9. The van der Waals surface area contributed by atoms with Gasteiger partial charge in [-0.3, -0.25) is 4.72 Å². The lowest BCUT2D eigenvalue weighted by Crippen LogP contribution is -2.26. The van der Waals surface area contributed by atoms with Crippen molar-refractivity contribution in [1.82, 2.24) is 4.72 Å². The molecule has 3 nitrogen and oxygen atoms in total. The number of aryl methyl sites for hydroxylation is 2. The van der Waals surface area contributed by atoms with Gasteiger partial charge in [-0.25, -0.2) is 0 Å². The van der Waals surface area contributed by atoms with E-state index in [9.17, 15) is 0 Å². The summed E-state index contributed by atoms with van der Waals surface area (Å²) >= 11 is 0. The summed E-state index contributed by atoms with van der Waals surface area (Å²) in [5, 5.41) is 3.97. The first kappa shape index (κ1) is 21.1. The molecule has 0 saturated heterocycles. The molecule has 2 N–H and O–H groups in total. The molecule has 1 unspecified atom stereocenters. The van der Waals surface area contributed by atoms with Crippen molar-refractivity contribution in [3.05, 3.63) is 65.0 Å². The molecule has 28 heavy (non-hydrogen) atoms. The maximum atomic E-state index is 4.97. The van der Waals surface area contributed by atoms with Crippen LogP contribution in [0.4, 0.5) is 5.69 Å². The minimum atomic E-state index is -0.281. The van der Waals surface area contributed by atoms with E-state index in [4.69, 9.17) is 4.36 Å². The Labute approximate surface area is 173 Å². The summed E-state index contributed by atoms with van der Waals surface area (Å²) in [7, 11) is -0.281. The van der Waals surface area contributed by atoms with Gasteiger partial charge in [0.1, 0.15) is 5.82 Å². The van der Waals surface area contributed by atoms with Gasteiger partial charge in [-0.2, -0.15) is 4.36 Å². The fourth-order valence-corrected chi connectivity index (χ4v) is 5.54. The maximum absolute atomic E-state index is 4.97. The molecule has 0 spiro atoms. The molecule has 2 aliphatic rings. The van der Waals surface area contributed by atoms with Crippen LogP contribution in [0.1, 0.15) is 62.3 Å². The van der Waals surface area contributed by atoms with Gasteiger partial charge in [0, 0.05) is 17.5 Å². The van der Waals surface area contributed by atoms with E-state index < -0.39 is 0 Å². The number of hydrogen-bond acceptors (Lipinski definition) is 2. The third kappa shape index (κ3) is 5.03. The Bertz CT molecular complexity index is 772. The number of hydrogen-bond donors (Lipinski definition) is 2. The lowest BCUT2D eigenvalue weighted by Gasteiger charge is -2.19. The van der Waals surface area contributed by atoms with Crippen LogP contribution in [0.5, 0.6) is 0 Å². The van der Waals surface area contributed by atoms with Gasteiger partial charge in [0.15, 0.2) is 0 Å². The number of anilines is 1. The number of allylic oxidation sites excluding steroid dienone is 3. The van der Waals surface area contributed by atoms with Crippen LogP contribution in [0, 0.1) is 0 Å². The Balaban J connectivity index is 1.82. The quantitative estimate of drug-likeness (QED) is 0.518. The Morgan fingerprint density at radius 1 is 1.18 bits per heavy atom. The normalized spacial score (nSPS) is 18.0. The summed E-state index contributed by atoms with van der Waals surface area (Å²) in [6.45, 7) is 11.7. The molecule has 0 bridgehead atoms. The van der Waals surface area contributed by atoms with Gasteiger partial charge in [0.25, 0.3) is 0 Å². The maximum Gasteiger partial charge on any atom is 0.131 e. The fourth-order valence-electron chi connectivity index (χ4n) is 4.11. The smallest absolute Gasteiger partial charge is 0.131 e. The van der Waals surface area contributed by atoms with Crippen molar-refractivity contribution in [3.8, 4) is 0 Å². The molecule has 152 valence electrons. The van der Waals surface area contributed by atoms with E-state index in [-0.39, 0.29) is 10.9 Å². The SMILES string of the molecule is C=C(N=S(NCCC)[C@@H](C)/C=C\C=C/C)Nc1c2c(cc3c1CCC3)CCC2. The van der Waals surface area contributed by atoms with E-state index in [2.05, 4.69) is 60.8 Å². The first-order valence-corrected chi connectivity index (χ1v) is 12.0. The van der Waals surface area contributed by atoms with E-state index >= 15 is 0 Å². The van der Waals surface area contributed by atoms with Crippen LogP contribution in [-0.4, -0.2) is 11.8 Å². The van der Waals surface area contributed by atoms with Crippen LogP contribution < -0.4 is 10.0 Å². The second-order valence-corrected chi connectivity index (χ2v) is 9.57. The van der Waals surface area contributed by atoms with Gasteiger partial charge in [-0.05, 0) is 91.9 Å². The molecular weight excluding hydrogens is 362 g/mol. The minimum absolute atomic E-state index is 0.281. The highest BCUT2D eigenvalue weighted by Gasteiger charge is 2.24. The molecule has 0 amide bonds. The van der Waals surface area contributed by atoms with Crippen molar-refractivity contribution in [2.45, 2.75) is 71.0 Å². The molecule has 1 aromatic rings. The van der Waals surface area contributed by atoms with E-state index in [1.54, 1.807) is 11.1 Å². The third-order valence-electron chi connectivity index (χ3n) is 5.49. The number of benzene rings is 1. The second-order valence-electron chi connectivity index (χ2n) is 7.72. The van der Waals surface area contributed by atoms with Gasteiger partial charge >= 0.3 is 0 Å². The Kier molecular flexibility index (Phi) is 7.69. The largest absolute Gasteiger partial charge is 0.340 e. The molecule has 2 atom stereocenters. The molecule has 1 aromatic carbocycles. The summed E-state index contributed by atoms with van der Waals surface area (Å²) in [6, 6.07) is 2.47. The highest BCUT2D eigenvalue weighted by atomic mass is 32.2. The lowest BCUT2D eigenvalue weighted by atomic mass is 9.99. The molecule has 4 heteroatoms. The average Bonchev–Trinajstić information content (AvgIpc) is 3.34. The van der Waals surface area contributed by atoms with Gasteiger partial charge in [0.2, 0.25) is 0 Å². The average molecular weight is 398 g/mol. The first-order valence-electron chi connectivity index (χ1n) is 10.7. The molecule has 0 aliphatic heterocycles. The van der Waals surface area contributed by atoms with E-state index in [0.29, 0.717) is 5.25 Å². The van der Waals surface area contributed by atoms with E-state index in [1.807, 2.05) is 6.92 Å². The van der Waals surface area contributed by atoms with E-state index in [0.717, 1.165) is 18.8 Å². The van der Waals surface area contributed by atoms with Crippen LogP contribution in [0.3, 0.4) is 0 Å². The van der Waals surface area contributed by atoms with Crippen molar-refractivity contribution >= 4 is 16.6 Å². The monoisotopic (exact) mass is 397 g/mol. The molecule has 0 saturated carbocycles. The first-order chi connectivity index (χ1) is 13.6. The summed E-state index contributed by atoms with van der Waals surface area (Å²) in [6.07, 6.45) is 16.9. The molecule has 0 fully saturated rings. The van der Waals surface area contributed by atoms with Crippen molar-refractivity contribution in [1.29, 1.82) is 0 Å². The van der Waals surface area contributed by atoms with Crippen LogP contribution in [0.25, 0.3) is 0 Å². The molecule has 2 aliphatic carbocycles. The topological polar surface area (TPSA) is 36.4 Å². The summed E-state index contributed by atoms with van der Waals surface area (Å²) in [5.74, 6) is 0.785. The summed E-state index contributed by atoms with van der Waals surface area (Å²) in [5.41, 5.74) is 7.44. The predicted octanol–water partition coefficient (Wildman–Crippen LogP) is 5.78. The Hall–Kier alpha value is -1.65. The van der Waals surface area contributed by atoms with Crippen molar-refractivity contribution in [2.75, 3.05) is 11.9 Å². The van der Waals surface area contributed by atoms with Crippen LogP contribution in [-0.2, 0) is 36.6 Å². The van der Waals surface area contributed by atoms with Crippen molar-refractivity contribution < 1.29 is 0 Å². The van der Waals surface area contributed by atoms with Gasteiger partial charge in [-0.15, -0.1) is 0 Å². The molecule has 0 radical (unpaired) electrons. The molecule has 0 aromatic heterocycles. The third-order valence-corrected chi connectivity index (χ3v) is 7.27. The Morgan fingerprint density at radius 2 is 1.86 bits per heavy atom. The van der Waals surface area contributed by atoms with Crippen LogP contribution in [0.15, 0.2) is 47.1 Å². The standard InChI is InChI=1S/C24H35N3S/c1-5-7-8-11-18(3)28(25-16-6-2)27-19(4)26-24-22-14-9-12-20(22)17-21-13-10-15-23(21)24/h5,7-8,11,17-18,26H,4,6,9-10,12-16H2,1-3H3,(H,25,27)/b7-5-,11-8-/t18-,28?/m0/s1. The van der Waals surface area contributed by atoms with Crippen molar-refractivity contribution in [3.63, 3.8) is 0 Å². The molecule has 0 heterocycles. The fraction of sp³-hybridized carbons (Fsp3) is 0.500. The number of rotatable bonds is 9. The number of fused-ring (bicyclic) bond motifs is 2. The van der Waals surface area contributed by atoms with Gasteiger partial charge in [-0.1, -0.05) is 43.9 Å². The minimum Gasteiger partial charge on any atom is -0.340 e. The zero-order valence-electron chi connectivity index (χ0n) is 17.7. The second kappa shape index (κ2) is 10.2. The van der Waals surface area contributed by atoms with Gasteiger partial charge < -0.3 is 5.32 Å². The van der Waals surface area contributed by atoms with Crippen LogP contribution in [0.2, 0.25) is 0 Å². The van der Waals surface area contributed by atoms with Crippen molar-refractivity contribution in [2.24, 2.45) is 4.36 Å². The Morgan fingerprint density at radius 3 is 2.46 bits per heavy atom. The van der Waals surface area contributed by atoms with Gasteiger partial charge in [0.05, 0.1) is 0 Å². The zero-order valence-corrected chi connectivity index (χ0v) is 18.5. The highest BCUT2D eigenvalue weighted by molar-refractivity contribution is 7.86. The van der Waals surface area contributed by atoms with E-state index in [1.165, 1.54) is 55.3 Å². The molecule has 3 rings (SSSR count). The lowest BCUT2D eigenvalue weighted by molar-refractivity contribution is 0.868. The molecular formula is C24H35N3S. The number of nitrogens with one attached hydrogen (secondary N) is 2. The number of nitrogens with zero attached hydrogens (tertiary/aromatic N) is 1. The summed E-state index contributed by atoms with van der Waals surface area (Å²) < 4.78 is 8.58. The predicted molar refractivity (Wildman–Crippen MR) is 125 cm³/mol. The highest BCUT2D eigenvalue weighted by Crippen LogP contribution is 2.39. The van der Waals surface area contributed by atoms with Crippen LogP contribution >= 0.6 is 0 Å².